The van der Waals surface area contributed by atoms with Gasteiger partial charge in [0.1, 0.15) is 5.76 Å². The predicted octanol–water partition coefficient (Wildman–Crippen LogP) is 0.881. The van der Waals surface area contributed by atoms with Crippen molar-refractivity contribution in [3.8, 4) is 0 Å². The topological polar surface area (TPSA) is 108 Å². The normalized spacial score (nSPS) is 26.2. The molecule has 0 radical (unpaired) electrons. The molecular weight excluding hydrogens is 360 g/mol. The van der Waals surface area contributed by atoms with Gasteiger partial charge in [0.2, 0.25) is 5.91 Å². The zero-order valence-electron chi connectivity index (χ0n) is 16.2. The third kappa shape index (κ3) is 4.55. The van der Waals surface area contributed by atoms with Crippen LogP contribution < -0.4 is 10.6 Å². The first kappa shape index (κ1) is 19.4. The summed E-state index contributed by atoms with van der Waals surface area (Å²) < 4.78 is 5.26. The number of aromatic nitrogens is 1. The highest BCUT2D eigenvalue weighted by atomic mass is 16.5. The standard InChI is InChI=1S/C20H30N4O4/c25-12-15-11-24(19(26)9-13-3-6-21-7-4-13)8-5-16(15)22-20(27)17-10-18(28-23-17)14-1-2-14/h10,13-16,21,25H,1-9,11-12H2,(H,22,27)/t15-,16-/m1/s1. The van der Waals surface area contributed by atoms with Crippen molar-refractivity contribution in [3.63, 3.8) is 0 Å². The lowest BCUT2D eigenvalue weighted by atomic mass is 9.90. The summed E-state index contributed by atoms with van der Waals surface area (Å²) in [6.45, 7) is 2.99. The lowest BCUT2D eigenvalue weighted by molar-refractivity contribution is -0.134. The average Bonchev–Trinajstić information content (AvgIpc) is 3.45. The second-order valence-electron chi connectivity index (χ2n) is 8.44. The lowest BCUT2D eigenvalue weighted by Gasteiger charge is -2.38. The van der Waals surface area contributed by atoms with Crippen molar-refractivity contribution in [2.45, 2.75) is 50.5 Å². The molecule has 3 fully saturated rings. The van der Waals surface area contributed by atoms with E-state index in [0.717, 1.165) is 44.5 Å². The zero-order chi connectivity index (χ0) is 19.5. The Kier molecular flexibility index (Phi) is 5.96. The maximum Gasteiger partial charge on any atom is 0.273 e. The van der Waals surface area contributed by atoms with Gasteiger partial charge in [0, 0.05) is 50.1 Å². The molecule has 0 unspecified atom stereocenters. The first-order valence-corrected chi connectivity index (χ1v) is 10.5. The largest absolute Gasteiger partial charge is 0.396 e. The molecule has 8 nitrogen and oxygen atoms in total. The molecule has 2 atom stereocenters. The van der Waals surface area contributed by atoms with Gasteiger partial charge in [0.05, 0.1) is 0 Å². The van der Waals surface area contributed by atoms with Crippen LogP contribution in [0.5, 0.6) is 0 Å². The van der Waals surface area contributed by atoms with Gasteiger partial charge >= 0.3 is 0 Å². The first-order valence-electron chi connectivity index (χ1n) is 10.5. The fourth-order valence-corrected chi connectivity index (χ4v) is 4.29. The number of likely N-dealkylation sites (tertiary alicyclic amines) is 1. The molecule has 3 N–H and O–H groups in total. The number of aliphatic hydroxyl groups excluding tert-OH is 1. The number of rotatable bonds is 6. The summed E-state index contributed by atoms with van der Waals surface area (Å²) in [5, 5.41) is 20.0. The van der Waals surface area contributed by atoms with Crippen molar-refractivity contribution in [1.82, 2.24) is 20.7 Å². The Morgan fingerprint density at radius 2 is 2.04 bits per heavy atom. The molecule has 1 aliphatic carbocycles. The molecule has 8 heteroatoms. The number of piperidine rings is 2. The molecule has 1 aromatic rings. The third-order valence-electron chi connectivity index (χ3n) is 6.30. The number of amides is 2. The molecule has 4 rings (SSSR count). The molecule has 0 spiro atoms. The quantitative estimate of drug-likeness (QED) is 0.666. The maximum atomic E-state index is 12.7. The monoisotopic (exact) mass is 390 g/mol. The Hall–Kier alpha value is -1.93. The van der Waals surface area contributed by atoms with Gasteiger partial charge in [0.25, 0.3) is 5.91 Å². The minimum Gasteiger partial charge on any atom is -0.396 e. The van der Waals surface area contributed by atoms with Crippen LogP contribution in [0.1, 0.15) is 60.7 Å². The molecule has 0 aromatic carbocycles. The molecule has 0 bridgehead atoms. The molecule has 2 saturated heterocycles. The highest BCUT2D eigenvalue weighted by Gasteiger charge is 2.34. The van der Waals surface area contributed by atoms with Crippen LogP contribution in [0, 0.1) is 11.8 Å². The van der Waals surface area contributed by atoms with Crippen LogP contribution in [-0.2, 0) is 4.79 Å². The van der Waals surface area contributed by atoms with Gasteiger partial charge in [-0.25, -0.2) is 0 Å². The Bertz CT molecular complexity index is 696. The van der Waals surface area contributed by atoms with E-state index in [1.807, 2.05) is 4.90 Å². The van der Waals surface area contributed by atoms with Gasteiger partial charge in [0.15, 0.2) is 5.69 Å². The summed E-state index contributed by atoms with van der Waals surface area (Å²) >= 11 is 0. The van der Waals surface area contributed by atoms with Gasteiger partial charge < -0.3 is 25.2 Å². The lowest BCUT2D eigenvalue weighted by Crippen LogP contribution is -2.53. The Labute approximate surface area is 165 Å². The van der Waals surface area contributed by atoms with E-state index in [0.29, 0.717) is 43.5 Å². The van der Waals surface area contributed by atoms with Crippen LogP contribution in [0.15, 0.2) is 10.6 Å². The van der Waals surface area contributed by atoms with Crippen LogP contribution in [0.4, 0.5) is 0 Å². The van der Waals surface area contributed by atoms with Gasteiger partial charge in [-0.05, 0) is 51.1 Å². The highest BCUT2D eigenvalue weighted by molar-refractivity contribution is 5.92. The number of carbonyl (C=O) groups excluding carboxylic acids is 2. The van der Waals surface area contributed by atoms with Crippen molar-refractivity contribution < 1.29 is 19.2 Å². The van der Waals surface area contributed by atoms with Crippen molar-refractivity contribution >= 4 is 11.8 Å². The van der Waals surface area contributed by atoms with Gasteiger partial charge in [-0.3, -0.25) is 9.59 Å². The first-order chi connectivity index (χ1) is 13.6. The Morgan fingerprint density at radius 3 is 2.75 bits per heavy atom. The van der Waals surface area contributed by atoms with Crippen molar-refractivity contribution in [2.75, 3.05) is 32.8 Å². The minimum atomic E-state index is -0.270. The van der Waals surface area contributed by atoms with Gasteiger partial charge in [-0.15, -0.1) is 0 Å². The number of nitrogens with one attached hydrogen (secondary N) is 2. The minimum absolute atomic E-state index is 0.0613. The molecule has 2 amide bonds. The van der Waals surface area contributed by atoms with E-state index >= 15 is 0 Å². The highest BCUT2D eigenvalue weighted by Crippen LogP contribution is 2.40. The second kappa shape index (κ2) is 8.61. The summed E-state index contributed by atoms with van der Waals surface area (Å²) in [5.74, 6) is 1.38. The fraction of sp³-hybridized carbons (Fsp3) is 0.750. The smallest absolute Gasteiger partial charge is 0.273 e. The van der Waals surface area contributed by atoms with Crippen LogP contribution in [0.2, 0.25) is 0 Å². The van der Waals surface area contributed by atoms with E-state index in [-0.39, 0.29) is 30.4 Å². The van der Waals surface area contributed by atoms with E-state index in [2.05, 4.69) is 15.8 Å². The molecule has 2 aliphatic heterocycles. The number of hydrogen-bond acceptors (Lipinski definition) is 6. The Balaban J connectivity index is 1.29. The predicted molar refractivity (Wildman–Crippen MR) is 102 cm³/mol. The zero-order valence-corrected chi connectivity index (χ0v) is 16.2. The summed E-state index contributed by atoms with van der Waals surface area (Å²) in [6, 6.07) is 1.56. The molecule has 1 aromatic heterocycles. The van der Waals surface area contributed by atoms with Crippen LogP contribution in [-0.4, -0.2) is 65.8 Å². The average molecular weight is 390 g/mol. The van der Waals surface area contributed by atoms with Crippen molar-refractivity contribution in [1.29, 1.82) is 0 Å². The second-order valence-corrected chi connectivity index (χ2v) is 8.44. The SMILES string of the molecule is O=C(N[C@@H]1CCN(C(=O)CC2CCNCC2)C[C@@H]1CO)c1cc(C2CC2)on1. The molecule has 3 heterocycles. The number of hydrogen-bond donors (Lipinski definition) is 3. The molecule has 3 aliphatic rings. The molecule has 154 valence electrons. The summed E-state index contributed by atoms with van der Waals surface area (Å²) in [6.07, 6.45) is 5.49. The van der Waals surface area contributed by atoms with E-state index in [9.17, 15) is 14.7 Å². The number of nitrogens with zero attached hydrogens (tertiary/aromatic N) is 2. The van der Waals surface area contributed by atoms with Crippen LogP contribution >= 0.6 is 0 Å². The van der Waals surface area contributed by atoms with Crippen LogP contribution in [0.3, 0.4) is 0 Å². The summed E-state index contributed by atoms with van der Waals surface area (Å²) in [5.41, 5.74) is 0.294. The van der Waals surface area contributed by atoms with E-state index in [4.69, 9.17) is 4.52 Å². The maximum absolute atomic E-state index is 12.7. The number of aliphatic hydroxyl groups is 1. The van der Waals surface area contributed by atoms with E-state index in [1.54, 1.807) is 6.07 Å². The third-order valence-corrected chi connectivity index (χ3v) is 6.30. The van der Waals surface area contributed by atoms with Crippen LogP contribution in [0.25, 0.3) is 0 Å². The fourth-order valence-electron chi connectivity index (χ4n) is 4.29. The van der Waals surface area contributed by atoms with Gasteiger partial charge in [-0.1, -0.05) is 5.16 Å². The summed E-state index contributed by atoms with van der Waals surface area (Å²) in [4.78, 5) is 27.0. The number of carbonyl (C=O) groups is 2. The molecule has 28 heavy (non-hydrogen) atoms. The van der Waals surface area contributed by atoms with Gasteiger partial charge in [-0.2, -0.15) is 0 Å². The molecule has 1 saturated carbocycles. The van der Waals surface area contributed by atoms with E-state index in [1.165, 1.54) is 0 Å². The Morgan fingerprint density at radius 1 is 1.25 bits per heavy atom. The molecular formula is C20H30N4O4. The van der Waals surface area contributed by atoms with Crippen molar-refractivity contribution in [3.05, 3.63) is 17.5 Å². The summed E-state index contributed by atoms with van der Waals surface area (Å²) in [7, 11) is 0. The van der Waals surface area contributed by atoms with Crippen molar-refractivity contribution in [2.24, 2.45) is 11.8 Å². The van der Waals surface area contributed by atoms with E-state index < -0.39 is 0 Å².